The van der Waals surface area contributed by atoms with Crippen molar-refractivity contribution in [2.24, 2.45) is 5.92 Å². The number of hydrogen-bond donors (Lipinski definition) is 2. The number of carboxylic acids is 1. The van der Waals surface area contributed by atoms with E-state index in [0.29, 0.717) is 30.8 Å². The molecule has 2 heterocycles. The molecule has 0 aromatic heterocycles. The zero-order chi connectivity index (χ0) is 15.5. The van der Waals surface area contributed by atoms with Gasteiger partial charge in [-0.15, -0.1) is 0 Å². The molecule has 0 radical (unpaired) electrons. The summed E-state index contributed by atoms with van der Waals surface area (Å²) in [4.78, 5) is 13.1. The Bertz CT molecular complexity index is 539. The lowest BCUT2D eigenvalue weighted by molar-refractivity contribution is -0.143. The molecule has 6 nitrogen and oxygen atoms in total. The lowest BCUT2D eigenvalue weighted by Gasteiger charge is -2.30. The summed E-state index contributed by atoms with van der Waals surface area (Å²) in [5, 5.41) is 19.3. The Kier molecular flexibility index (Phi) is 4.49. The smallest absolute Gasteiger partial charge is 0.306 e. The van der Waals surface area contributed by atoms with Gasteiger partial charge in [0.15, 0.2) is 11.5 Å². The van der Waals surface area contributed by atoms with Gasteiger partial charge in [0.25, 0.3) is 0 Å². The number of aliphatic carboxylic acids is 1. The van der Waals surface area contributed by atoms with Crippen LogP contribution in [0.1, 0.15) is 30.9 Å². The van der Waals surface area contributed by atoms with Crippen LogP contribution in [0, 0.1) is 5.92 Å². The normalized spacial score (nSPS) is 20.0. The number of fused-ring (bicyclic) bond motifs is 1. The van der Waals surface area contributed by atoms with E-state index < -0.39 is 12.1 Å². The standard InChI is InChI=1S/C16H21NO5/c18-13(12-1-2-14-15(9-12)22-10-21-14)5-8-17-6-3-11(4-7-17)16(19)20/h1-2,9,11,13,18H,3-8,10H2,(H,19,20). The molecule has 1 unspecified atom stereocenters. The van der Waals surface area contributed by atoms with E-state index in [4.69, 9.17) is 14.6 Å². The average Bonchev–Trinajstić information content (AvgIpc) is 3.00. The fourth-order valence-corrected chi connectivity index (χ4v) is 3.00. The number of likely N-dealkylation sites (tertiary alicyclic amines) is 1. The van der Waals surface area contributed by atoms with Crippen molar-refractivity contribution in [1.82, 2.24) is 4.90 Å². The molecular weight excluding hydrogens is 286 g/mol. The Morgan fingerprint density at radius 1 is 1.27 bits per heavy atom. The molecule has 1 saturated heterocycles. The molecule has 3 rings (SSSR count). The minimum absolute atomic E-state index is 0.213. The van der Waals surface area contributed by atoms with Crippen molar-refractivity contribution in [2.75, 3.05) is 26.4 Å². The van der Waals surface area contributed by atoms with Crippen LogP contribution in [0.25, 0.3) is 0 Å². The van der Waals surface area contributed by atoms with Crippen LogP contribution < -0.4 is 9.47 Å². The number of aliphatic hydroxyl groups excluding tert-OH is 1. The van der Waals surface area contributed by atoms with Crippen LogP contribution in [0.15, 0.2) is 18.2 Å². The Hall–Kier alpha value is -1.79. The van der Waals surface area contributed by atoms with Gasteiger partial charge in [0.05, 0.1) is 12.0 Å². The van der Waals surface area contributed by atoms with Crippen LogP contribution in [-0.2, 0) is 4.79 Å². The monoisotopic (exact) mass is 307 g/mol. The van der Waals surface area contributed by atoms with Crippen molar-refractivity contribution in [3.05, 3.63) is 23.8 Å². The molecule has 0 saturated carbocycles. The number of carboxylic acid groups (broad SMARTS) is 1. The third-order valence-corrected chi connectivity index (χ3v) is 4.44. The maximum atomic E-state index is 10.9. The highest BCUT2D eigenvalue weighted by Gasteiger charge is 2.25. The second-order valence-electron chi connectivity index (χ2n) is 5.87. The molecule has 0 spiro atoms. The van der Waals surface area contributed by atoms with Crippen molar-refractivity contribution in [1.29, 1.82) is 0 Å². The van der Waals surface area contributed by atoms with E-state index in [1.165, 1.54) is 0 Å². The average molecular weight is 307 g/mol. The first-order chi connectivity index (χ1) is 10.6. The molecular formula is C16H21NO5. The van der Waals surface area contributed by atoms with Crippen molar-refractivity contribution in [3.63, 3.8) is 0 Å². The van der Waals surface area contributed by atoms with Gasteiger partial charge in [-0.2, -0.15) is 0 Å². The van der Waals surface area contributed by atoms with Gasteiger partial charge >= 0.3 is 5.97 Å². The number of carbonyl (C=O) groups is 1. The minimum atomic E-state index is -0.694. The van der Waals surface area contributed by atoms with Crippen molar-refractivity contribution in [2.45, 2.75) is 25.4 Å². The van der Waals surface area contributed by atoms with E-state index in [-0.39, 0.29) is 12.7 Å². The number of benzene rings is 1. The summed E-state index contributed by atoms with van der Waals surface area (Å²) < 4.78 is 10.6. The zero-order valence-electron chi connectivity index (χ0n) is 12.4. The second kappa shape index (κ2) is 6.54. The Labute approximate surface area is 129 Å². The van der Waals surface area contributed by atoms with Crippen LogP contribution in [0.3, 0.4) is 0 Å². The fraction of sp³-hybridized carbons (Fsp3) is 0.562. The summed E-state index contributed by atoms with van der Waals surface area (Å²) in [6, 6.07) is 5.50. The molecule has 0 amide bonds. The summed E-state index contributed by atoms with van der Waals surface area (Å²) in [5.74, 6) is 0.487. The first-order valence-electron chi connectivity index (χ1n) is 7.66. The summed E-state index contributed by atoms with van der Waals surface area (Å²) in [7, 11) is 0. The predicted octanol–water partition coefficient (Wildman–Crippen LogP) is 1.64. The highest BCUT2D eigenvalue weighted by Crippen LogP contribution is 2.34. The molecule has 120 valence electrons. The molecule has 2 N–H and O–H groups in total. The Morgan fingerprint density at radius 2 is 2.00 bits per heavy atom. The number of hydrogen-bond acceptors (Lipinski definition) is 5. The van der Waals surface area contributed by atoms with E-state index >= 15 is 0 Å². The van der Waals surface area contributed by atoms with Crippen LogP contribution in [0.4, 0.5) is 0 Å². The minimum Gasteiger partial charge on any atom is -0.481 e. The highest BCUT2D eigenvalue weighted by atomic mass is 16.7. The molecule has 2 aliphatic heterocycles. The van der Waals surface area contributed by atoms with Gasteiger partial charge < -0.3 is 24.6 Å². The quantitative estimate of drug-likeness (QED) is 0.861. The summed E-state index contributed by atoms with van der Waals surface area (Å²) in [6.07, 6.45) is 1.45. The Balaban J connectivity index is 1.48. The van der Waals surface area contributed by atoms with E-state index in [2.05, 4.69) is 4.90 Å². The van der Waals surface area contributed by atoms with E-state index in [1.54, 1.807) is 0 Å². The Morgan fingerprint density at radius 3 is 2.73 bits per heavy atom. The van der Waals surface area contributed by atoms with Gasteiger partial charge in [-0.3, -0.25) is 4.79 Å². The van der Waals surface area contributed by atoms with Crippen LogP contribution >= 0.6 is 0 Å². The summed E-state index contributed by atoms with van der Waals surface area (Å²) in [5.41, 5.74) is 0.824. The van der Waals surface area contributed by atoms with E-state index in [0.717, 1.165) is 25.2 Å². The number of ether oxygens (including phenoxy) is 2. The maximum Gasteiger partial charge on any atom is 0.306 e. The van der Waals surface area contributed by atoms with Crippen molar-refractivity contribution < 1.29 is 24.5 Å². The zero-order valence-corrected chi connectivity index (χ0v) is 12.4. The first kappa shape index (κ1) is 15.1. The predicted molar refractivity (Wildman–Crippen MR) is 78.9 cm³/mol. The molecule has 1 atom stereocenters. The van der Waals surface area contributed by atoms with Crippen molar-refractivity contribution in [3.8, 4) is 11.5 Å². The number of rotatable bonds is 5. The summed E-state index contributed by atoms with van der Waals surface area (Å²) >= 11 is 0. The van der Waals surface area contributed by atoms with Crippen LogP contribution in [0.2, 0.25) is 0 Å². The van der Waals surface area contributed by atoms with Gasteiger partial charge in [0.2, 0.25) is 6.79 Å². The number of piperidine rings is 1. The number of aliphatic hydroxyl groups is 1. The molecule has 1 fully saturated rings. The molecule has 0 aliphatic carbocycles. The largest absolute Gasteiger partial charge is 0.481 e. The second-order valence-corrected chi connectivity index (χ2v) is 5.87. The van der Waals surface area contributed by atoms with Crippen molar-refractivity contribution >= 4 is 5.97 Å². The fourth-order valence-electron chi connectivity index (χ4n) is 3.00. The van der Waals surface area contributed by atoms with Gasteiger partial charge in [-0.25, -0.2) is 0 Å². The van der Waals surface area contributed by atoms with Gasteiger partial charge in [0.1, 0.15) is 0 Å². The number of nitrogens with zero attached hydrogens (tertiary/aromatic N) is 1. The third kappa shape index (κ3) is 3.34. The maximum absolute atomic E-state index is 10.9. The molecule has 2 aliphatic rings. The van der Waals surface area contributed by atoms with Crippen LogP contribution in [0.5, 0.6) is 11.5 Å². The SMILES string of the molecule is O=C(O)C1CCN(CCC(O)c2ccc3c(c2)OCO3)CC1. The van der Waals surface area contributed by atoms with E-state index in [9.17, 15) is 9.90 Å². The first-order valence-corrected chi connectivity index (χ1v) is 7.66. The van der Waals surface area contributed by atoms with E-state index in [1.807, 2.05) is 18.2 Å². The highest BCUT2D eigenvalue weighted by molar-refractivity contribution is 5.70. The molecule has 1 aromatic rings. The van der Waals surface area contributed by atoms with Gasteiger partial charge in [0, 0.05) is 6.54 Å². The topological polar surface area (TPSA) is 79.2 Å². The lowest BCUT2D eigenvalue weighted by atomic mass is 9.96. The molecule has 0 bridgehead atoms. The lowest BCUT2D eigenvalue weighted by Crippen LogP contribution is -2.37. The summed E-state index contributed by atoms with van der Waals surface area (Å²) in [6.45, 7) is 2.56. The molecule has 6 heteroatoms. The molecule has 1 aromatic carbocycles. The third-order valence-electron chi connectivity index (χ3n) is 4.44. The van der Waals surface area contributed by atoms with Gasteiger partial charge in [-0.1, -0.05) is 6.07 Å². The van der Waals surface area contributed by atoms with Gasteiger partial charge in [-0.05, 0) is 50.0 Å². The van der Waals surface area contributed by atoms with Crippen LogP contribution in [-0.4, -0.2) is 47.5 Å². The molecule has 22 heavy (non-hydrogen) atoms.